The Morgan fingerprint density at radius 3 is 2.33 bits per heavy atom. The minimum absolute atomic E-state index is 0.317. The number of hydrogen-bond acceptors (Lipinski definition) is 2. The molecule has 112 valence electrons. The van der Waals surface area contributed by atoms with Gasteiger partial charge in [-0.3, -0.25) is 5.84 Å². The quantitative estimate of drug-likeness (QED) is 0.515. The van der Waals surface area contributed by atoms with Gasteiger partial charge >= 0.3 is 6.18 Å². The van der Waals surface area contributed by atoms with E-state index < -0.39 is 23.6 Å². The van der Waals surface area contributed by atoms with Gasteiger partial charge in [0.05, 0.1) is 11.6 Å². The van der Waals surface area contributed by atoms with Crippen molar-refractivity contribution in [3.63, 3.8) is 0 Å². The van der Waals surface area contributed by atoms with Gasteiger partial charge in [-0.05, 0) is 47.9 Å². The van der Waals surface area contributed by atoms with Crippen LogP contribution in [0.1, 0.15) is 28.3 Å². The number of hydrogen-bond donors (Lipinski definition) is 2. The van der Waals surface area contributed by atoms with Gasteiger partial charge in [0, 0.05) is 0 Å². The summed E-state index contributed by atoms with van der Waals surface area (Å²) in [6, 6.07) is 8.34. The summed E-state index contributed by atoms with van der Waals surface area (Å²) in [5, 5.41) is 0. The molecule has 0 saturated carbocycles. The average Bonchev–Trinajstić information content (AvgIpc) is 2.38. The van der Waals surface area contributed by atoms with Crippen LogP contribution in [-0.2, 0) is 6.18 Å². The Balaban J connectivity index is 2.46. The Kier molecular flexibility index (Phi) is 4.29. The first kappa shape index (κ1) is 15.5. The van der Waals surface area contributed by atoms with Crippen molar-refractivity contribution >= 4 is 0 Å². The van der Waals surface area contributed by atoms with Crippen LogP contribution in [0.4, 0.5) is 17.6 Å². The lowest BCUT2D eigenvalue weighted by Crippen LogP contribution is -2.29. The molecule has 0 aliphatic heterocycles. The van der Waals surface area contributed by atoms with Crippen molar-refractivity contribution in [3.05, 3.63) is 70.5 Å². The molecule has 0 aliphatic carbocycles. The lowest BCUT2D eigenvalue weighted by Gasteiger charge is -2.19. The third kappa shape index (κ3) is 3.59. The smallest absolute Gasteiger partial charge is 0.271 e. The number of nitrogens with one attached hydrogen (secondary N) is 1. The van der Waals surface area contributed by atoms with E-state index in [1.807, 2.05) is 0 Å². The summed E-state index contributed by atoms with van der Waals surface area (Å²) in [6.07, 6.45) is -4.44. The van der Waals surface area contributed by atoms with Crippen LogP contribution in [0.15, 0.2) is 42.5 Å². The monoisotopic (exact) mass is 298 g/mol. The maximum Gasteiger partial charge on any atom is 0.416 e. The molecule has 0 saturated heterocycles. The van der Waals surface area contributed by atoms with Gasteiger partial charge in [-0.15, -0.1) is 0 Å². The highest BCUT2D eigenvalue weighted by atomic mass is 19.4. The first-order valence-electron chi connectivity index (χ1n) is 6.21. The topological polar surface area (TPSA) is 38.0 Å². The summed E-state index contributed by atoms with van der Waals surface area (Å²) < 4.78 is 51.7. The second-order valence-electron chi connectivity index (χ2n) is 4.78. The predicted octanol–water partition coefficient (Wildman–Crippen LogP) is 3.71. The molecule has 2 aromatic carbocycles. The molecule has 1 unspecified atom stereocenters. The summed E-state index contributed by atoms with van der Waals surface area (Å²) in [7, 11) is 0. The molecule has 0 aromatic heterocycles. The molecular formula is C15H14F4N2. The van der Waals surface area contributed by atoms with Crippen molar-refractivity contribution < 1.29 is 17.6 Å². The lowest BCUT2D eigenvalue weighted by molar-refractivity contribution is -0.137. The van der Waals surface area contributed by atoms with Gasteiger partial charge in [0.1, 0.15) is 5.82 Å². The molecule has 0 bridgehead atoms. The fraction of sp³-hybridized carbons (Fsp3) is 0.200. The number of rotatable bonds is 3. The van der Waals surface area contributed by atoms with Crippen LogP contribution in [0.3, 0.4) is 0 Å². The fourth-order valence-corrected chi connectivity index (χ4v) is 2.21. The first-order valence-corrected chi connectivity index (χ1v) is 6.21. The third-order valence-electron chi connectivity index (χ3n) is 3.11. The first-order chi connectivity index (χ1) is 9.81. The van der Waals surface area contributed by atoms with Crippen LogP contribution in [0.5, 0.6) is 0 Å². The van der Waals surface area contributed by atoms with Crippen LogP contribution in [0, 0.1) is 12.7 Å². The highest BCUT2D eigenvalue weighted by Crippen LogP contribution is 2.32. The van der Waals surface area contributed by atoms with E-state index in [0.29, 0.717) is 16.7 Å². The molecule has 2 aromatic rings. The SMILES string of the molecule is Cc1cc(F)cc(C(NN)c2cccc(C(F)(F)F)c2)c1. The standard InChI is InChI=1S/C15H14F4N2/c1-9-5-11(8-13(16)6-9)14(21-20)10-3-2-4-12(7-10)15(17,18)19/h2-8,14,21H,20H2,1H3. The molecule has 0 aliphatic rings. The van der Waals surface area contributed by atoms with Crippen LogP contribution in [-0.4, -0.2) is 0 Å². The van der Waals surface area contributed by atoms with Crippen molar-refractivity contribution in [2.45, 2.75) is 19.1 Å². The Hall–Kier alpha value is -1.92. The van der Waals surface area contributed by atoms with Gasteiger partial charge in [0.25, 0.3) is 0 Å². The molecule has 21 heavy (non-hydrogen) atoms. The van der Waals surface area contributed by atoms with Gasteiger partial charge in [-0.1, -0.05) is 18.2 Å². The molecule has 6 heteroatoms. The minimum atomic E-state index is -4.44. The molecular weight excluding hydrogens is 284 g/mol. The number of hydrazine groups is 1. The number of nitrogens with two attached hydrogens (primary N) is 1. The van der Waals surface area contributed by atoms with E-state index in [9.17, 15) is 17.6 Å². The Morgan fingerprint density at radius 2 is 1.76 bits per heavy atom. The van der Waals surface area contributed by atoms with E-state index >= 15 is 0 Å². The molecule has 0 amide bonds. The van der Waals surface area contributed by atoms with Gasteiger partial charge in [0.15, 0.2) is 0 Å². The van der Waals surface area contributed by atoms with Crippen LogP contribution < -0.4 is 11.3 Å². The van der Waals surface area contributed by atoms with E-state index in [1.54, 1.807) is 13.0 Å². The van der Waals surface area contributed by atoms with Crippen molar-refractivity contribution in [2.24, 2.45) is 5.84 Å². The zero-order chi connectivity index (χ0) is 15.6. The van der Waals surface area contributed by atoms with Crippen LogP contribution in [0.2, 0.25) is 0 Å². The lowest BCUT2D eigenvalue weighted by atomic mass is 9.96. The van der Waals surface area contributed by atoms with Gasteiger partial charge < -0.3 is 0 Å². The Morgan fingerprint density at radius 1 is 1.05 bits per heavy atom. The number of benzene rings is 2. The van der Waals surface area contributed by atoms with Crippen LogP contribution >= 0.6 is 0 Å². The van der Waals surface area contributed by atoms with Crippen molar-refractivity contribution in [2.75, 3.05) is 0 Å². The molecule has 1 atom stereocenters. The maximum atomic E-state index is 13.5. The zero-order valence-corrected chi connectivity index (χ0v) is 11.2. The largest absolute Gasteiger partial charge is 0.416 e. The number of aryl methyl sites for hydroxylation is 1. The molecule has 0 spiro atoms. The molecule has 0 radical (unpaired) electrons. The van der Waals surface area contributed by atoms with Crippen LogP contribution in [0.25, 0.3) is 0 Å². The zero-order valence-electron chi connectivity index (χ0n) is 11.2. The summed E-state index contributed by atoms with van der Waals surface area (Å²) in [4.78, 5) is 0. The average molecular weight is 298 g/mol. The summed E-state index contributed by atoms with van der Waals surface area (Å²) in [5.74, 6) is 4.98. The highest BCUT2D eigenvalue weighted by molar-refractivity contribution is 5.36. The van der Waals surface area contributed by atoms with Gasteiger partial charge in [0.2, 0.25) is 0 Å². The third-order valence-corrected chi connectivity index (χ3v) is 3.11. The van der Waals surface area contributed by atoms with Crippen molar-refractivity contribution in [3.8, 4) is 0 Å². The molecule has 0 fully saturated rings. The normalized spacial score (nSPS) is 13.2. The predicted molar refractivity (Wildman–Crippen MR) is 71.7 cm³/mol. The van der Waals surface area contributed by atoms with E-state index in [-0.39, 0.29) is 0 Å². The summed E-state index contributed by atoms with van der Waals surface area (Å²) >= 11 is 0. The van der Waals surface area contributed by atoms with E-state index in [2.05, 4.69) is 5.43 Å². The second-order valence-corrected chi connectivity index (χ2v) is 4.78. The van der Waals surface area contributed by atoms with Crippen molar-refractivity contribution in [1.29, 1.82) is 0 Å². The van der Waals surface area contributed by atoms with E-state index in [4.69, 9.17) is 5.84 Å². The van der Waals surface area contributed by atoms with Crippen molar-refractivity contribution in [1.82, 2.24) is 5.43 Å². The molecule has 2 nitrogen and oxygen atoms in total. The Labute approximate surface area is 119 Å². The minimum Gasteiger partial charge on any atom is -0.271 e. The molecule has 2 rings (SSSR count). The molecule has 3 N–H and O–H groups in total. The number of halogens is 4. The summed E-state index contributed by atoms with van der Waals surface area (Å²) in [6.45, 7) is 1.70. The fourth-order valence-electron chi connectivity index (χ4n) is 2.21. The maximum absolute atomic E-state index is 13.5. The van der Waals surface area contributed by atoms with Gasteiger partial charge in [-0.2, -0.15) is 13.2 Å². The van der Waals surface area contributed by atoms with Gasteiger partial charge in [-0.25, -0.2) is 9.82 Å². The molecule has 0 heterocycles. The Bertz CT molecular complexity index is 618. The number of alkyl halides is 3. The van der Waals surface area contributed by atoms with E-state index in [1.165, 1.54) is 24.3 Å². The second kappa shape index (κ2) is 5.83. The van der Waals surface area contributed by atoms with E-state index in [0.717, 1.165) is 12.1 Å². The summed E-state index contributed by atoms with van der Waals surface area (Å²) in [5.41, 5.74) is 3.11. The highest BCUT2D eigenvalue weighted by Gasteiger charge is 2.31.